The van der Waals surface area contributed by atoms with Crippen molar-refractivity contribution >= 4 is 46.3 Å². The van der Waals surface area contributed by atoms with Gasteiger partial charge in [-0.25, -0.2) is 4.79 Å². The van der Waals surface area contributed by atoms with Crippen molar-refractivity contribution in [3.63, 3.8) is 0 Å². The van der Waals surface area contributed by atoms with Crippen LogP contribution in [0.5, 0.6) is 11.5 Å². The third-order valence-electron chi connectivity index (χ3n) is 2.82. The molecule has 0 saturated carbocycles. The molecule has 0 bridgehead atoms. The monoisotopic (exact) mass is 339 g/mol. The van der Waals surface area contributed by atoms with Crippen molar-refractivity contribution in [2.24, 2.45) is 0 Å². The molecule has 2 rings (SSSR count). The molecule has 1 aliphatic heterocycles. The summed E-state index contributed by atoms with van der Waals surface area (Å²) in [6, 6.07) is 4.97. The summed E-state index contributed by atoms with van der Waals surface area (Å²) in [6.07, 6.45) is 1.70. The Morgan fingerprint density at radius 1 is 1.45 bits per heavy atom. The molecule has 1 N–H and O–H groups in total. The van der Waals surface area contributed by atoms with Gasteiger partial charge in [-0.3, -0.25) is 9.69 Å². The minimum Gasteiger partial charge on any atom is -0.493 e. The van der Waals surface area contributed by atoms with E-state index in [0.29, 0.717) is 20.7 Å². The van der Waals surface area contributed by atoms with Crippen LogP contribution >= 0.6 is 24.0 Å². The molecule has 116 valence electrons. The fourth-order valence-corrected chi connectivity index (χ4v) is 2.91. The van der Waals surface area contributed by atoms with Crippen LogP contribution in [0, 0.1) is 0 Å². The maximum atomic E-state index is 11.9. The van der Waals surface area contributed by atoms with Crippen LogP contribution in [0.1, 0.15) is 5.56 Å². The van der Waals surface area contributed by atoms with Crippen molar-refractivity contribution in [1.82, 2.24) is 4.90 Å². The number of ether oxygens (including phenoxy) is 2. The lowest BCUT2D eigenvalue weighted by Crippen LogP contribution is -2.22. The number of hydrogen-bond donors (Lipinski definition) is 1. The van der Waals surface area contributed by atoms with Crippen LogP contribution in [0.15, 0.2) is 23.1 Å². The number of aliphatic carboxylic acids is 1. The summed E-state index contributed by atoms with van der Waals surface area (Å²) < 4.78 is 10.8. The number of benzene rings is 1. The molecule has 8 heteroatoms. The third-order valence-corrected chi connectivity index (χ3v) is 4.31. The van der Waals surface area contributed by atoms with Gasteiger partial charge in [0.2, 0.25) is 0 Å². The average Bonchev–Trinajstić information content (AvgIpc) is 2.73. The molecule has 0 aromatic heterocycles. The summed E-state index contributed by atoms with van der Waals surface area (Å²) in [5.74, 6) is -0.509. The van der Waals surface area contributed by atoms with Gasteiger partial charge in [0.25, 0.3) is 5.91 Å². The standard InChI is InChI=1S/C14H13NO5S2/c1-15-13(18)11(22-14(15)21)6-8-3-4-9(10(5-8)19-2)20-7-12(16)17/h3-6H,7H2,1-2H3,(H,16,17). The van der Waals surface area contributed by atoms with Crippen LogP contribution in [0.3, 0.4) is 0 Å². The maximum absolute atomic E-state index is 11.9. The number of carboxylic acids is 1. The van der Waals surface area contributed by atoms with Crippen LogP contribution in [0.2, 0.25) is 0 Å². The highest BCUT2D eigenvalue weighted by molar-refractivity contribution is 8.26. The Labute approximate surface area is 136 Å². The topological polar surface area (TPSA) is 76.1 Å². The maximum Gasteiger partial charge on any atom is 0.341 e. The Morgan fingerprint density at radius 2 is 2.18 bits per heavy atom. The van der Waals surface area contributed by atoms with E-state index in [1.54, 1.807) is 31.3 Å². The fraction of sp³-hybridized carbons (Fsp3) is 0.214. The van der Waals surface area contributed by atoms with Crippen LogP contribution in [-0.2, 0) is 9.59 Å². The number of thiocarbonyl (C=S) groups is 1. The lowest BCUT2D eigenvalue weighted by Gasteiger charge is -2.09. The van der Waals surface area contributed by atoms with Gasteiger partial charge in [0, 0.05) is 7.05 Å². The van der Waals surface area contributed by atoms with Gasteiger partial charge in [-0.2, -0.15) is 0 Å². The lowest BCUT2D eigenvalue weighted by atomic mass is 10.2. The molecule has 1 aromatic rings. The molecular weight excluding hydrogens is 326 g/mol. The molecule has 1 amide bonds. The molecule has 1 aliphatic rings. The molecule has 22 heavy (non-hydrogen) atoms. The van der Waals surface area contributed by atoms with Gasteiger partial charge in [0.15, 0.2) is 18.1 Å². The van der Waals surface area contributed by atoms with Gasteiger partial charge in [-0.05, 0) is 23.8 Å². The van der Waals surface area contributed by atoms with Gasteiger partial charge < -0.3 is 14.6 Å². The molecule has 1 heterocycles. The SMILES string of the molecule is COc1cc(C=C2SC(=S)N(C)C2=O)ccc1OCC(=O)O. The van der Waals surface area contributed by atoms with Gasteiger partial charge in [-0.15, -0.1) is 0 Å². The quantitative estimate of drug-likeness (QED) is 0.649. The van der Waals surface area contributed by atoms with Gasteiger partial charge >= 0.3 is 5.97 Å². The Hall–Kier alpha value is -2.06. The van der Waals surface area contributed by atoms with Gasteiger partial charge in [0.05, 0.1) is 12.0 Å². The minimum atomic E-state index is -1.07. The molecule has 0 unspecified atom stereocenters. The van der Waals surface area contributed by atoms with E-state index in [1.807, 2.05) is 0 Å². The summed E-state index contributed by atoms with van der Waals surface area (Å²) in [5, 5.41) is 8.63. The van der Waals surface area contributed by atoms with Crippen LogP contribution in [0.25, 0.3) is 6.08 Å². The molecule has 0 spiro atoms. The highest BCUT2D eigenvalue weighted by Gasteiger charge is 2.28. The van der Waals surface area contributed by atoms with E-state index in [9.17, 15) is 9.59 Å². The second-order valence-corrected chi connectivity index (χ2v) is 6.01. The number of hydrogen-bond acceptors (Lipinski definition) is 6. The summed E-state index contributed by atoms with van der Waals surface area (Å²) >= 11 is 6.29. The first-order chi connectivity index (χ1) is 10.4. The third kappa shape index (κ3) is 3.58. The van der Waals surface area contributed by atoms with Crippen LogP contribution < -0.4 is 9.47 Å². The molecule has 0 atom stereocenters. The van der Waals surface area contributed by atoms with Gasteiger partial charge in [0.1, 0.15) is 4.32 Å². The molecule has 0 radical (unpaired) electrons. The normalized spacial score (nSPS) is 16.3. The Bertz CT molecular complexity index is 671. The summed E-state index contributed by atoms with van der Waals surface area (Å²) in [5.41, 5.74) is 0.730. The van der Waals surface area contributed by atoms with E-state index in [2.05, 4.69) is 0 Å². The van der Waals surface area contributed by atoms with E-state index in [-0.39, 0.29) is 5.91 Å². The second-order valence-electron chi connectivity index (χ2n) is 4.33. The summed E-state index contributed by atoms with van der Waals surface area (Å²) in [4.78, 5) is 24.4. The first-order valence-corrected chi connectivity index (χ1v) is 7.39. The predicted molar refractivity (Wildman–Crippen MR) is 87.1 cm³/mol. The molecule has 0 aliphatic carbocycles. The molecule has 1 saturated heterocycles. The van der Waals surface area contributed by atoms with Gasteiger partial charge in [-0.1, -0.05) is 30.0 Å². The zero-order valence-electron chi connectivity index (χ0n) is 11.9. The van der Waals surface area contributed by atoms with Crippen molar-refractivity contribution in [3.05, 3.63) is 28.7 Å². The number of carbonyl (C=O) groups excluding carboxylic acids is 1. The molecular formula is C14H13NO5S2. The molecule has 1 fully saturated rings. The van der Waals surface area contributed by atoms with Crippen molar-refractivity contribution in [1.29, 1.82) is 0 Å². The number of thioether (sulfide) groups is 1. The zero-order chi connectivity index (χ0) is 16.3. The van der Waals surface area contributed by atoms with Crippen molar-refractivity contribution in [2.45, 2.75) is 0 Å². The number of nitrogens with zero attached hydrogens (tertiary/aromatic N) is 1. The molecule has 1 aromatic carbocycles. The Kier molecular flexibility index (Phi) is 5.04. The lowest BCUT2D eigenvalue weighted by molar-refractivity contribution is -0.139. The summed E-state index contributed by atoms with van der Waals surface area (Å²) in [6.45, 7) is -0.454. The minimum absolute atomic E-state index is 0.153. The number of amides is 1. The van der Waals surface area contributed by atoms with Crippen LogP contribution in [0.4, 0.5) is 0 Å². The van der Waals surface area contributed by atoms with Crippen molar-refractivity contribution < 1.29 is 24.2 Å². The number of carboxylic acid groups (broad SMARTS) is 1. The number of likely N-dealkylation sites (N-methyl/N-ethyl adjacent to an activating group) is 1. The predicted octanol–water partition coefficient (Wildman–Crippen LogP) is 1.99. The van der Waals surface area contributed by atoms with Crippen LogP contribution in [-0.4, -0.2) is 47.0 Å². The number of methoxy groups -OCH3 is 1. The number of carbonyl (C=O) groups is 2. The fourth-order valence-electron chi connectivity index (χ4n) is 1.73. The van der Waals surface area contributed by atoms with Crippen molar-refractivity contribution in [2.75, 3.05) is 20.8 Å². The largest absolute Gasteiger partial charge is 0.493 e. The Balaban J connectivity index is 2.25. The highest BCUT2D eigenvalue weighted by atomic mass is 32.2. The number of rotatable bonds is 5. The second kappa shape index (κ2) is 6.80. The first kappa shape index (κ1) is 16.3. The highest BCUT2D eigenvalue weighted by Crippen LogP contribution is 2.33. The molecule has 6 nitrogen and oxygen atoms in total. The van der Waals surface area contributed by atoms with E-state index in [0.717, 1.165) is 5.56 Å². The van der Waals surface area contributed by atoms with Crippen molar-refractivity contribution in [3.8, 4) is 11.5 Å². The van der Waals surface area contributed by atoms with E-state index in [4.69, 9.17) is 26.8 Å². The van der Waals surface area contributed by atoms with E-state index < -0.39 is 12.6 Å². The Morgan fingerprint density at radius 3 is 2.73 bits per heavy atom. The first-order valence-electron chi connectivity index (χ1n) is 6.16. The average molecular weight is 339 g/mol. The van der Waals surface area contributed by atoms with E-state index in [1.165, 1.54) is 23.8 Å². The smallest absolute Gasteiger partial charge is 0.341 e. The summed E-state index contributed by atoms with van der Waals surface area (Å²) in [7, 11) is 3.08. The van der Waals surface area contributed by atoms with E-state index >= 15 is 0 Å². The zero-order valence-corrected chi connectivity index (χ0v) is 13.5.